The van der Waals surface area contributed by atoms with E-state index in [2.05, 4.69) is 27.2 Å². The number of hydrogen-bond donors (Lipinski definition) is 2. The lowest BCUT2D eigenvalue weighted by Gasteiger charge is -2.07. The van der Waals surface area contributed by atoms with Crippen molar-refractivity contribution in [1.29, 1.82) is 0 Å². The molecule has 1 aromatic heterocycles. The van der Waals surface area contributed by atoms with E-state index < -0.39 is 0 Å². The summed E-state index contributed by atoms with van der Waals surface area (Å²) in [6.07, 6.45) is 2.91. The average molecular weight is 286 g/mol. The number of nitrogens with zero attached hydrogens (tertiary/aromatic N) is 2. The number of nitrogens with one attached hydrogen (secondary N) is 2. The van der Waals surface area contributed by atoms with E-state index in [4.69, 9.17) is 0 Å². The molecule has 1 aromatic carbocycles. The van der Waals surface area contributed by atoms with E-state index in [1.165, 1.54) is 18.5 Å². The number of carbonyl (C=O) groups is 1. The molecule has 1 heterocycles. The van der Waals surface area contributed by atoms with Crippen molar-refractivity contribution < 1.29 is 9.18 Å². The number of carbonyl (C=O) groups excluding carboxylic acids is 1. The topological polar surface area (TPSA) is 66.9 Å². The summed E-state index contributed by atoms with van der Waals surface area (Å²) >= 11 is 0. The molecule has 2 aromatic rings. The van der Waals surface area contributed by atoms with Crippen LogP contribution in [-0.2, 0) is 6.54 Å². The van der Waals surface area contributed by atoms with Gasteiger partial charge in [-0.25, -0.2) is 14.4 Å². The number of amides is 1. The van der Waals surface area contributed by atoms with Crippen LogP contribution in [0.3, 0.4) is 0 Å². The number of hydrogen-bond acceptors (Lipinski definition) is 4. The van der Waals surface area contributed by atoms with E-state index >= 15 is 0 Å². The van der Waals surface area contributed by atoms with Crippen LogP contribution in [0.5, 0.6) is 0 Å². The SMILES string of the molecule is C=CCNC(=O)c1cc(NCc2ccc(F)cc2)ncn1. The Balaban J connectivity index is 1.99. The summed E-state index contributed by atoms with van der Waals surface area (Å²) in [5.74, 6) is -0.0397. The van der Waals surface area contributed by atoms with Crippen molar-refractivity contribution in [3.05, 3.63) is 66.4 Å². The second-order valence-electron chi connectivity index (χ2n) is 4.27. The molecular weight excluding hydrogens is 271 g/mol. The summed E-state index contributed by atoms with van der Waals surface area (Å²) in [6, 6.07) is 7.71. The Morgan fingerprint density at radius 1 is 1.29 bits per heavy atom. The van der Waals surface area contributed by atoms with Gasteiger partial charge in [0, 0.05) is 19.2 Å². The Morgan fingerprint density at radius 2 is 2.05 bits per heavy atom. The average Bonchev–Trinajstić information content (AvgIpc) is 2.52. The summed E-state index contributed by atoms with van der Waals surface area (Å²) in [7, 11) is 0. The van der Waals surface area contributed by atoms with Gasteiger partial charge in [-0.3, -0.25) is 4.79 Å². The van der Waals surface area contributed by atoms with E-state index in [0.29, 0.717) is 18.9 Å². The van der Waals surface area contributed by atoms with Crippen LogP contribution in [0.2, 0.25) is 0 Å². The van der Waals surface area contributed by atoms with Crippen molar-refractivity contribution in [2.24, 2.45) is 0 Å². The first-order valence-electron chi connectivity index (χ1n) is 6.38. The van der Waals surface area contributed by atoms with Crippen LogP contribution < -0.4 is 10.6 Å². The van der Waals surface area contributed by atoms with Gasteiger partial charge in [0.05, 0.1) is 0 Å². The maximum absolute atomic E-state index is 12.8. The second kappa shape index (κ2) is 7.14. The predicted molar refractivity (Wildman–Crippen MR) is 78.3 cm³/mol. The third kappa shape index (κ3) is 4.38. The van der Waals surface area contributed by atoms with Gasteiger partial charge in [-0.1, -0.05) is 18.2 Å². The molecule has 0 bridgehead atoms. The number of halogens is 1. The molecule has 5 nitrogen and oxygen atoms in total. The van der Waals surface area contributed by atoms with Crippen LogP contribution in [0.15, 0.2) is 49.3 Å². The molecule has 0 aliphatic carbocycles. The summed E-state index contributed by atoms with van der Waals surface area (Å²) < 4.78 is 12.8. The van der Waals surface area contributed by atoms with E-state index in [-0.39, 0.29) is 17.4 Å². The summed E-state index contributed by atoms with van der Waals surface area (Å²) in [5, 5.41) is 5.70. The van der Waals surface area contributed by atoms with E-state index in [9.17, 15) is 9.18 Å². The number of aromatic nitrogens is 2. The lowest BCUT2D eigenvalue weighted by atomic mass is 10.2. The molecule has 2 N–H and O–H groups in total. The largest absolute Gasteiger partial charge is 0.366 e. The van der Waals surface area contributed by atoms with Crippen molar-refractivity contribution in [2.75, 3.05) is 11.9 Å². The first kappa shape index (κ1) is 14.6. The molecule has 0 saturated carbocycles. The Bertz CT molecular complexity index is 628. The first-order chi connectivity index (χ1) is 10.2. The van der Waals surface area contributed by atoms with Crippen LogP contribution in [0.4, 0.5) is 10.2 Å². The monoisotopic (exact) mass is 286 g/mol. The van der Waals surface area contributed by atoms with Crippen LogP contribution in [0, 0.1) is 5.82 Å². The highest BCUT2D eigenvalue weighted by atomic mass is 19.1. The van der Waals surface area contributed by atoms with Gasteiger partial charge in [-0.05, 0) is 17.7 Å². The van der Waals surface area contributed by atoms with Gasteiger partial charge in [0.25, 0.3) is 5.91 Å². The molecule has 2 rings (SSSR count). The minimum Gasteiger partial charge on any atom is -0.366 e. The van der Waals surface area contributed by atoms with Gasteiger partial charge in [0.15, 0.2) is 0 Å². The highest BCUT2D eigenvalue weighted by Crippen LogP contribution is 2.08. The van der Waals surface area contributed by atoms with Gasteiger partial charge in [-0.15, -0.1) is 6.58 Å². The summed E-state index contributed by atoms with van der Waals surface area (Å²) in [4.78, 5) is 19.7. The Hall–Kier alpha value is -2.76. The Kier molecular flexibility index (Phi) is 4.98. The van der Waals surface area contributed by atoms with Crippen molar-refractivity contribution in [2.45, 2.75) is 6.54 Å². The molecule has 21 heavy (non-hydrogen) atoms. The molecular formula is C15H15FN4O. The molecule has 0 fully saturated rings. The molecule has 0 saturated heterocycles. The third-order valence-electron chi connectivity index (χ3n) is 2.69. The van der Waals surface area contributed by atoms with E-state index in [0.717, 1.165) is 5.56 Å². The highest BCUT2D eigenvalue weighted by molar-refractivity contribution is 5.92. The second-order valence-corrected chi connectivity index (χ2v) is 4.27. The van der Waals surface area contributed by atoms with Gasteiger partial charge in [-0.2, -0.15) is 0 Å². The standard InChI is InChI=1S/C15H15FN4O/c1-2-7-17-15(21)13-8-14(20-10-19-13)18-9-11-3-5-12(16)6-4-11/h2-6,8,10H,1,7,9H2,(H,17,21)(H,18,19,20). The fourth-order valence-corrected chi connectivity index (χ4v) is 1.63. The molecule has 0 spiro atoms. The minimum absolute atomic E-state index is 0.272. The van der Waals surface area contributed by atoms with Crippen LogP contribution in [0.1, 0.15) is 16.1 Å². The van der Waals surface area contributed by atoms with Gasteiger partial charge < -0.3 is 10.6 Å². The summed E-state index contributed by atoms with van der Waals surface area (Å²) in [5.41, 5.74) is 1.18. The highest BCUT2D eigenvalue weighted by Gasteiger charge is 2.07. The predicted octanol–water partition coefficient (Wildman–Crippen LogP) is 2.14. The van der Waals surface area contributed by atoms with Gasteiger partial charge >= 0.3 is 0 Å². The third-order valence-corrected chi connectivity index (χ3v) is 2.69. The number of benzene rings is 1. The van der Waals surface area contributed by atoms with Gasteiger partial charge in [0.2, 0.25) is 0 Å². The first-order valence-corrected chi connectivity index (χ1v) is 6.38. The molecule has 0 atom stereocenters. The van der Waals surface area contributed by atoms with Crippen LogP contribution in [-0.4, -0.2) is 22.4 Å². The van der Waals surface area contributed by atoms with Crippen LogP contribution >= 0.6 is 0 Å². The molecule has 0 unspecified atom stereocenters. The van der Waals surface area contributed by atoms with E-state index in [1.807, 2.05) is 0 Å². The quantitative estimate of drug-likeness (QED) is 0.798. The Labute approximate surface area is 121 Å². The Morgan fingerprint density at radius 3 is 2.76 bits per heavy atom. The molecule has 1 amide bonds. The zero-order chi connectivity index (χ0) is 15.1. The maximum atomic E-state index is 12.8. The van der Waals surface area contributed by atoms with Crippen molar-refractivity contribution in [1.82, 2.24) is 15.3 Å². The normalized spacial score (nSPS) is 9.95. The fourth-order valence-electron chi connectivity index (χ4n) is 1.63. The zero-order valence-corrected chi connectivity index (χ0v) is 11.3. The van der Waals surface area contributed by atoms with Crippen molar-refractivity contribution >= 4 is 11.7 Å². The van der Waals surface area contributed by atoms with E-state index in [1.54, 1.807) is 24.3 Å². The number of rotatable bonds is 6. The molecule has 0 aliphatic heterocycles. The molecule has 6 heteroatoms. The smallest absolute Gasteiger partial charge is 0.270 e. The van der Waals surface area contributed by atoms with Gasteiger partial charge in [0.1, 0.15) is 23.7 Å². The zero-order valence-electron chi connectivity index (χ0n) is 11.3. The molecule has 0 aliphatic rings. The molecule has 108 valence electrons. The van der Waals surface area contributed by atoms with Crippen molar-refractivity contribution in [3.63, 3.8) is 0 Å². The van der Waals surface area contributed by atoms with Crippen molar-refractivity contribution in [3.8, 4) is 0 Å². The maximum Gasteiger partial charge on any atom is 0.270 e. The molecule has 0 radical (unpaired) electrons. The number of anilines is 1. The lowest BCUT2D eigenvalue weighted by molar-refractivity contribution is 0.0953. The lowest BCUT2D eigenvalue weighted by Crippen LogP contribution is -2.24. The minimum atomic E-state index is -0.290. The fraction of sp³-hybridized carbons (Fsp3) is 0.133. The van der Waals surface area contributed by atoms with Crippen LogP contribution in [0.25, 0.3) is 0 Å². The summed E-state index contributed by atoms with van der Waals surface area (Å²) in [6.45, 7) is 4.38.